The normalized spacial score (nSPS) is 26.1. The minimum absolute atomic E-state index is 0.0361. The van der Waals surface area contributed by atoms with Crippen LogP contribution in [0.2, 0.25) is 0 Å². The molecule has 2 fully saturated rings. The number of piperidine rings is 1. The summed E-state index contributed by atoms with van der Waals surface area (Å²) >= 11 is 0. The van der Waals surface area contributed by atoms with E-state index in [2.05, 4.69) is 36.4 Å². The molecule has 0 unspecified atom stereocenters. The Balaban J connectivity index is 1.32. The van der Waals surface area contributed by atoms with E-state index in [1.165, 1.54) is 22.3 Å². The number of hydrogen-bond donors (Lipinski definition) is 1. The Morgan fingerprint density at radius 2 is 1.76 bits per heavy atom. The quantitative estimate of drug-likeness (QED) is 0.937. The van der Waals surface area contributed by atoms with Crippen LogP contribution in [-0.4, -0.2) is 42.4 Å². The first kappa shape index (κ1) is 15.0. The molecule has 0 aromatic heterocycles. The van der Waals surface area contributed by atoms with Crippen LogP contribution in [0.3, 0.4) is 0 Å². The van der Waals surface area contributed by atoms with Crippen LogP contribution in [0.5, 0.6) is 0 Å². The Morgan fingerprint density at radius 1 is 1.12 bits per heavy atom. The summed E-state index contributed by atoms with van der Waals surface area (Å²) in [7, 11) is 0. The molecule has 1 heterocycles. The number of likely N-dealkylation sites (tertiary alicyclic amines) is 1. The lowest BCUT2D eigenvalue weighted by Crippen LogP contribution is -2.34. The Morgan fingerprint density at radius 3 is 2.36 bits per heavy atom. The molecule has 1 saturated heterocycles. The number of carbonyl (C=O) groups is 1. The number of aliphatic hydroxyl groups excluding tert-OH is 1. The highest BCUT2D eigenvalue weighted by molar-refractivity contribution is 5.79. The maximum Gasteiger partial charge on any atom is 0.409 e. The Bertz CT molecular complexity index is 799. The number of hydrogen-bond acceptors (Lipinski definition) is 3. The van der Waals surface area contributed by atoms with Crippen LogP contribution >= 0.6 is 0 Å². The summed E-state index contributed by atoms with van der Waals surface area (Å²) in [6.45, 7) is 1.88. The molecular formula is C21H21NO3. The monoisotopic (exact) mass is 335 g/mol. The maximum atomic E-state index is 12.5. The average molecular weight is 335 g/mol. The predicted molar refractivity (Wildman–Crippen MR) is 94.3 cm³/mol. The zero-order valence-corrected chi connectivity index (χ0v) is 14.0. The first-order valence-electron chi connectivity index (χ1n) is 8.93. The zero-order valence-electron chi connectivity index (χ0n) is 14.0. The number of aliphatic hydroxyl groups is 1. The molecule has 1 N–H and O–H groups in total. The van der Waals surface area contributed by atoms with Gasteiger partial charge >= 0.3 is 6.09 Å². The largest absolute Gasteiger partial charge is 0.448 e. The van der Waals surface area contributed by atoms with E-state index >= 15 is 0 Å². The molecule has 3 aliphatic rings. The fourth-order valence-corrected chi connectivity index (χ4v) is 4.66. The van der Waals surface area contributed by atoms with Gasteiger partial charge in [-0.2, -0.15) is 0 Å². The van der Waals surface area contributed by atoms with Gasteiger partial charge in [0.25, 0.3) is 0 Å². The maximum absolute atomic E-state index is 12.5. The molecular weight excluding hydrogens is 314 g/mol. The number of amides is 1. The Labute approximate surface area is 147 Å². The van der Waals surface area contributed by atoms with Crippen LogP contribution in [0.25, 0.3) is 11.1 Å². The molecule has 4 heteroatoms. The molecule has 2 aromatic rings. The van der Waals surface area contributed by atoms with Crippen LogP contribution in [0, 0.1) is 11.3 Å². The van der Waals surface area contributed by atoms with Crippen molar-refractivity contribution in [2.75, 3.05) is 26.3 Å². The highest BCUT2D eigenvalue weighted by atomic mass is 16.6. The van der Waals surface area contributed by atoms with Gasteiger partial charge in [-0.15, -0.1) is 0 Å². The van der Waals surface area contributed by atoms with E-state index in [9.17, 15) is 9.90 Å². The first-order chi connectivity index (χ1) is 12.2. The van der Waals surface area contributed by atoms with E-state index in [1.807, 2.05) is 12.1 Å². The van der Waals surface area contributed by atoms with Gasteiger partial charge in [0.05, 0.1) is 6.61 Å². The molecule has 25 heavy (non-hydrogen) atoms. The van der Waals surface area contributed by atoms with Gasteiger partial charge in [0.1, 0.15) is 6.61 Å². The summed E-state index contributed by atoms with van der Waals surface area (Å²) in [6.07, 6.45) is 0.790. The van der Waals surface area contributed by atoms with Crippen molar-refractivity contribution in [3.05, 3.63) is 59.7 Å². The molecule has 1 aliphatic heterocycles. The predicted octanol–water partition coefficient (Wildman–Crippen LogP) is 3.25. The summed E-state index contributed by atoms with van der Waals surface area (Å²) in [5.74, 6) is 0.554. The van der Waals surface area contributed by atoms with E-state index in [-0.39, 0.29) is 24.0 Å². The number of rotatable bonds is 3. The molecule has 1 saturated carbocycles. The number of nitrogens with zero attached hydrogens (tertiary/aromatic N) is 1. The van der Waals surface area contributed by atoms with Gasteiger partial charge in [-0.05, 0) is 34.6 Å². The third kappa shape index (κ3) is 2.20. The SMILES string of the molecule is O=C(OCC1c2ccccc2-c2ccccc21)N1C[C@H]2C[C@@]2(CO)C1. The molecule has 1 amide bonds. The molecule has 2 aliphatic carbocycles. The highest BCUT2D eigenvalue weighted by Crippen LogP contribution is 2.57. The van der Waals surface area contributed by atoms with Crippen LogP contribution in [0.1, 0.15) is 23.5 Å². The van der Waals surface area contributed by atoms with Crippen LogP contribution in [-0.2, 0) is 4.74 Å². The second-order valence-electron chi connectivity index (χ2n) is 7.61. The smallest absolute Gasteiger partial charge is 0.409 e. The van der Waals surface area contributed by atoms with E-state index in [1.54, 1.807) is 4.90 Å². The van der Waals surface area contributed by atoms with Crippen LogP contribution in [0.15, 0.2) is 48.5 Å². The molecule has 2 atom stereocenters. The summed E-state index contributed by atoms with van der Waals surface area (Å²) in [4.78, 5) is 14.2. The molecule has 0 spiro atoms. The van der Waals surface area contributed by atoms with Crippen molar-refractivity contribution in [1.82, 2.24) is 4.90 Å². The highest BCUT2D eigenvalue weighted by Gasteiger charge is 2.60. The average Bonchev–Trinajstić information content (AvgIpc) is 3.07. The topological polar surface area (TPSA) is 49.8 Å². The summed E-state index contributed by atoms with van der Waals surface area (Å²) in [5.41, 5.74) is 4.90. The van der Waals surface area contributed by atoms with Gasteiger partial charge in [0, 0.05) is 24.4 Å². The molecule has 5 rings (SSSR count). The number of carbonyl (C=O) groups excluding carboxylic acids is 1. The van der Waals surface area contributed by atoms with E-state index in [0.717, 1.165) is 13.0 Å². The Kier molecular flexibility index (Phi) is 3.19. The van der Waals surface area contributed by atoms with Gasteiger partial charge in [-0.25, -0.2) is 4.79 Å². The van der Waals surface area contributed by atoms with Crippen LogP contribution < -0.4 is 0 Å². The van der Waals surface area contributed by atoms with Gasteiger partial charge in [-0.1, -0.05) is 48.5 Å². The fourth-order valence-electron chi connectivity index (χ4n) is 4.66. The van der Waals surface area contributed by atoms with Crippen molar-refractivity contribution < 1.29 is 14.6 Å². The van der Waals surface area contributed by atoms with Gasteiger partial charge in [0.15, 0.2) is 0 Å². The van der Waals surface area contributed by atoms with Crippen molar-refractivity contribution in [3.63, 3.8) is 0 Å². The summed E-state index contributed by atoms with van der Waals surface area (Å²) in [6, 6.07) is 16.7. The standard InChI is InChI=1S/C21H21NO3/c23-13-21-9-14(21)10-22(12-21)20(24)25-11-19-17-7-3-1-5-15(17)16-6-2-4-8-18(16)19/h1-8,14,19,23H,9-13H2/t14-,21+/m1/s1. The van der Waals surface area contributed by atoms with Crippen molar-refractivity contribution in [1.29, 1.82) is 0 Å². The van der Waals surface area contributed by atoms with Crippen LogP contribution in [0.4, 0.5) is 4.79 Å². The molecule has 2 aromatic carbocycles. The number of benzene rings is 2. The number of ether oxygens (including phenoxy) is 1. The molecule has 0 radical (unpaired) electrons. The summed E-state index contributed by atoms with van der Waals surface area (Å²) in [5, 5.41) is 9.51. The van der Waals surface area contributed by atoms with Gasteiger partial charge < -0.3 is 14.7 Å². The zero-order chi connectivity index (χ0) is 17.0. The van der Waals surface area contributed by atoms with Crippen molar-refractivity contribution in [2.24, 2.45) is 11.3 Å². The fraction of sp³-hybridized carbons (Fsp3) is 0.381. The van der Waals surface area contributed by atoms with Gasteiger partial charge in [0.2, 0.25) is 0 Å². The molecule has 4 nitrogen and oxygen atoms in total. The lowest BCUT2D eigenvalue weighted by Gasteiger charge is -2.21. The van der Waals surface area contributed by atoms with Crippen molar-refractivity contribution in [2.45, 2.75) is 12.3 Å². The minimum Gasteiger partial charge on any atom is -0.448 e. The second kappa shape index (κ2) is 5.33. The van der Waals surface area contributed by atoms with Gasteiger partial charge in [-0.3, -0.25) is 0 Å². The van der Waals surface area contributed by atoms with Crippen molar-refractivity contribution >= 4 is 6.09 Å². The second-order valence-corrected chi connectivity index (χ2v) is 7.61. The number of fused-ring (bicyclic) bond motifs is 4. The Hall–Kier alpha value is -2.33. The molecule has 0 bridgehead atoms. The lowest BCUT2D eigenvalue weighted by molar-refractivity contribution is 0.0978. The first-order valence-corrected chi connectivity index (χ1v) is 8.93. The third-order valence-corrected chi connectivity index (χ3v) is 6.21. The summed E-state index contributed by atoms with van der Waals surface area (Å²) < 4.78 is 5.69. The van der Waals surface area contributed by atoms with E-state index < -0.39 is 0 Å². The lowest BCUT2D eigenvalue weighted by atomic mass is 9.98. The third-order valence-electron chi connectivity index (χ3n) is 6.21. The molecule has 128 valence electrons. The minimum atomic E-state index is -0.248. The van der Waals surface area contributed by atoms with Crippen molar-refractivity contribution in [3.8, 4) is 11.1 Å². The van der Waals surface area contributed by atoms with E-state index in [4.69, 9.17) is 4.74 Å². The van der Waals surface area contributed by atoms with E-state index in [0.29, 0.717) is 19.1 Å².